The Morgan fingerprint density at radius 1 is 1.53 bits per heavy atom. The van der Waals surface area contributed by atoms with Gasteiger partial charge in [0.05, 0.1) is 5.25 Å². The normalized spacial score (nSPS) is 12.3. The van der Waals surface area contributed by atoms with Gasteiger partial charge in [0.2, 0.25) is 5.91 Å². The van der Waals surface area contributed by atoms with Crippen molar-refractivity contribution in [1.29, 1.82) is 0 Å². The Hall–Kier alpha value is -0.480. The monoisotopic (exact) mass is 287 g/mol. The van der Waals surface area contributed by atoms with E-state index in [2.05, 4.69) is 21.2 Å². The summed E-state index contributed by atoms with van der Waals surface area (Å²) in [6.45, 7) is 3.87. The van der Waals surface area contributed by atoms with Gasteiger partial charge in [0.15, 0.2) is 0 Å². The van der Waals surface area contributed by atoms with Crippen molar-refractivity contribution in [3.8, 4) is 0 Å². The Kier molecular flexibility index (Phi) is 4.67. The standard InChI is InChI=1S/C11H14BrNOS/c1-7-6-9(12)4-5-10(7)13-11(14)8(2)15-3/h4-6,8H,1-3H3,(H,13,14). The minimum atomic E-state index is -0.0203. The average Bonchev–Trinajstić information content (AvgIpc) is 2.20. The van der Waals surface area contributed by atoms with Gasteiger partial charge in [-0.05, 0) is 43.9 Å². The van der Waals surface area contributed by atoms with Crippen molar-refractivity contribution in [1.82, 2.24) is 0 Å². The zero-order chi connectivity index (χ0) is 11.4. The van der Waals surface area contributed by atoms with Crippen molar-refractivity contribution >= 4 is 39.3 Å². The van der Waals surface area contributed by atoms with Crippen LogP contribution < -0.4 is 5.32 Å². The molecule has 0 aliphatic rings. The molecule has 4 heteroatoms. The summed E-state index contributed by atoms with van der Waals surface area (Å²) in [6.07, 6.45) is 1.93. The lowest BCUT2D eigenvalue weighted by Crippen LogP contribution is -2.22. The number of carbonyl (C=O) groups is 1. The van der Waals surface area contributed by atoms with Crippen LogP contribution >= 0.6 is 27.7 Å². The zero-order valence-corrected chi connectivity index (χ0v) is 11.4. The second-order valence-corrected chi connectivity index (χ2v) is 5.42. The SMILES string of the molecule is CSC(C)C(=O)Nc1ccc(Br)cc1C. The zero-order valence-electron chi connectivity index (χ0n) is 9.00. The van der Waals surface area contributed by atoms with E-state index in [1.165, 1.54) is 11.8 Å². The summed E-state index contributed by atoms with van der Waals surface area (Å²) in [5.74, 6) is 0.0490. The van der Waals surface area contributed by atoms with Gasteiger partial charge in [-0.15, -0.1) is 0 Å². The predicted octanol–water partition coefficient (Wildman–Crippen LogP) is 3.45. The molecule has 0 aliphatic heterocycles. The molecule has 0 heterocycles. The fraction of sp³-hybridized carbons (Fsp3) is 0.364. The number of hydrogen-bond acceptors (Lipinski definition) is 2. The summed E-state index contributed by atoms with van der Waals surface area (Å²) < 4.78 is 1.02. The number of benzene rings is 1. The lowest BCUT2D eigenvalue weighted by atomic mass is 10.2. The quantitative estimate of drug-likeness (QED) is 0.923. The molecule has 82 valence electrons. The smallest absolute Gasteiger partial charge is 0.237 e. The summed E-state index contributed by atoms with van der Waals surface area (Å²) in [5, 5.41) is 2.89. The van der Waals surface area contributed by atoms with Gasteiger partial charge in [-0.1, -0.05) is 15.9 Å². The first-order valence-corrected chi connectivity index (χ1v) is 6.72. The van der Waals surface area contributed by atoms with Crippen molar-refractivity contribution in [3.63, 3.8) is 0 Å². The highest BCUT2D eigenvalue weighted by Crippen LogP contribution is 2.20. The van der Waals surface area contributed by atoms with Gasteiger partial charge in [0.1, 0.15) is 0 Å². The number of anilines is 1. The molecule has 1 atom stereocenters. The topological polar surface area (TPSA) is 29.1 Å². The Bertz CT molecular complexity index is 368. The summed E-state index contributed by atoms with van der Waals surface area (Å²) in [7, 11) is 0. The van der Waals surface area contributed by atoms with E-state index in [0.29, 0.717) is 0 Å². The van der Waals surface area contributed by atoms with Crippen molar-refractivity contribution in [2.75, 3.05) is 11.6 Å². The maximum absolute atomic E-state index is 11.6. The third-order valence-corrected chi connectivity index (χ3v) is 3.58. The first-order chi connectivity index (χ1) is 7.04. The molecule has 1 aromatic rings. The third-order valence-electron chi connectivity index (χ3n) is 2.17. The van der Waals surface area contributed by atoms with E-state index < -0.39 is 0 Å². The number of amides is 1. The van der Waals surface area contributed by atoms with E-state index in [1.807, 2.05) is 38.3 Å². The minimum absolute atomic E-state index is 0.0203. The second kappa shape index (κ2) is 5.56. The number of rotatable bonds is 3. The Balaban J connectivity index is 2.77. The molecule has 1 amide bonds. The molecule has 0 fully saturated rings. The van der Waals surface area contributed by atoms with Crippen LogP contribution in [0, 0.1) is 6.92 Å². The van der Waals surface area contributed by atoms with Crippen LogP contribution in [0.15, 0.2) is 22.7 Å². The second-order valence-electron chi connectivity index (χ2n) is 3.33. The van der Waals surface area contributed by atoms with E-state index >= 15 is 0 Å². The van der Waals surface area contributed by atoms with E-state index in [-0.39, 0.29) is 11.2 Å². The molecule has 0 radical (unpaired) electrons. The number of carbonyl (C=O) groups excluding carboxylic acids is 1. The molecular weight excluding hydrogens is 274 g/mol. The Labute approximate surface area is 103 Å². The van der Waals surface area contributed by atoms with Crippen molar-refractivity contribution in [2.24, 2.45) is 0 Å². The maximum atomic E-state index is 11.6. The lowest BCUT2D eigenvalue weighted by molar-refractivity contribution is -0.115. The van der Waals surface area contributed by atoms with Crippen molar-refractivity contribution in [2.45, 2.75) is 19.1 Å². The van der Waals surface area contributed by atoms with Crippen LogP contribution in [0.5, 0.6) is 0 Å². The molecule has 0 saturated carbocycles. The van der Waals surface area contributed by atoms with Gasteiger partial charge < -0.3 is 5.32 Å². The molecule has 2 nitrogen and oxygen atoms in total. The van der Waals surface area contributed by atoms with Crippen LogP contribution in [-0.4, -0.2) is 17.4 Å². The summed E-state index contributed by atoms with van der Waals surface area (Å²) in [4.78, 5) is 11.6. The summed E-state index contributed by atoms with van der Waals surface area (Å²) in [5.41, 5.74) is 1.94. The molecule has 1 aromatic carbocycles. The Morgan fingerprint density at radius 2 is 2.20 bits per heavy atom. The average molecular weight is 288 g/mol. The minimum Gasteiger partial charge on any atom is -0.325 e. The fourth-order valence-electron chi connectivity index (χ4n) is 1.11. The number of halogens is 1. The fourth-order valence-corrected chi connectivity index (χ4v) is 1.86. The number of hydrogen-bond donors (Lipinski definition) is 1. The van der Waals surface area contributed by atoms with E-state index in [9.17, 15) is 4.79 Å². The molecule has 15 heavy (non-hydrogen) atoms. The predicted molar refractivity (Wildman–Crippen MR) is 70.5 cm³/mol. The van der Waals surface area contributed by atoms with Crippen molar-refractivity contribution in [3.05, 3.63) is 28.2 Å². The van der Waals surface area contributed by atoms with Gasteiger partial charge in [-0.25, -0.2) is 0 Å². The van der Waals surface area contributed by atoms with Crippen LogP contribution in [0.2, 0.25) is 0 Å². The number of thioether (sulfide) groups is 1. The molecule has 1 N–H and O–H groups in total. The van der Waals surface area contributed by atoms with Gasteiger partial charge >= 0.3 is 0 Å². The summed E-state index contributed by atoms with van der Waals surface area (Å²) >= 11 is 4.93. The molecule has 1 unspecified atom stereocenters. The summed E-state index contributed by atoms with van der Waals surface area (Å²) in [6, 6.07) is 5.82. The van der Waals surface area contributed by atoms with E-state index in [0.717, 1.165) is 15.7 Å². The molecule has 0 aliphatic carbocycles. The van der Waals surface area contributed by atoms with Crippen LogP contribution in [0.4, 0.5) is 5.69 Å². The van der Waals surface area contributed by atoms with E-state index in [1.54, 1.807) is 0 Å². The van der Waals surface area contributed by atoms with Crippen LogP contribution in [0.3, 0.4) is 0 Å². The van der Waals surface area contributed by atoms with Gasteiger partial charge in [0.25, 0.3) is 0 Å². The van der Waals surface area contributed by atoms with Crippen LogP contribution in [0.1, 0.15) is 12.5 Å². The van der Waals surface area contributed by atoms with Gasteiger partial charge in [0, 0.05) is 10.2 Å². The van der Waals surface area contributed by atoms with Gasteiger partial charge in [-0.3, -0.25) is 4.79 Å². The molecule has 0 bridgehead atoms. The lowest BCUT2D eigenvalue weighted by Gasteiger charge is -2.11. The third kappa shape index (κ3) is 3.54. The van der Waals surface area contributed by atoms with E-state index in [4.69, 9.17) is 0 Å². The van der Waals surface area contributed by atoms with Gasteiger partial charge in [-0.2, -0.15) is 11.8 Å². The highest BCUT2D eigenvalue weighted by atomic mass is 79.9. The molecule has 0 spiro atoms. The molecule has 0 aromatic heterocycles. The Morgan fingerprint density at radius 3 is 2.73 bits per heavy atom. The van der Waals surface area contributed by atoms with Crippen LogP contribution in [-0.2, 0) is 4.79 Å². The van der Waals surface area contributed by atoms with Crippen molar-refractivity contribution < 1.29 is 4.79 Å². The first kappa shape index (κ1) is 12.6. The first-order valence-electron chi connectivity index (χ1n) is 4.64. The largest absolute Gasteiger partial charge is 0.325 e. The van der Waals surface area contributed by atoms with Crippen LogP contribution in [0.25, 0.3) is 0 Å². The highest BCUT2D eigenvalue weighted by molar-refractivity contribution is 9.10. The molecule has 0 saturated heterocycles. The highest BCUT2D eigenvalue weighted by Gasteiger charge is 2.11. The molecule has 1 rings (SSSR count). The number of nitrogens with one attached hydrogen (secondary N) is 1. The maximum Gasteiger partial charge on any atom is 0.237 e. The number of aryl methyl sites for hydroxylation is 1. The molecular formula is C11H14BrNOS.